The van der Waals surface area contributed by atoms with Crippen LogP contribution in [-0.4, -0.2) is 11.1 Å². The maximum atomic E-state index is 11.0. The Balaban J connectivity index is 2.14. The third kappa shape index (κ3) is 3.24. The molecular formula is C12H9BrINO2S. The highest BCUT2D eigenvalue weighted by Gasteiger charge is 2.11. The van der Waals surface area contributed by atoms with E-state index in [1.54, 1.807) is 5.38 Å². The van der Waals surface area contributed by atoms with Crippen LogP contribution in [0.5, 0.6) is 0 Å². The number of carbonyl (C=O) groups is 1. The summed E-state index contributed by atoms with van der Waals surface area (Å²) in [6.07, 6.45) is 0. The van der Waals surface area contributed by atoms with Gasteiger partial charge in [-0.05, 0) is 57.8 Å². The summed E-state index contributed by atoms with van der Waals surface area (Å²) in [6.45, 7) is 0.511. The van der Waals surface area contributed by atoms with Gasteiger partial charge in [0.15, 0.2) is 0 Å². The van der Waals surface area contributed by atoms with Crippen LogP contribution in [0.25, 0.3) is 0 Å². The molecule has 0 saturated heterocycles. The van der Waals surface area contributed by atoms with Gasteiger partial charge >= 0.3 is 5.97 Å². The molecule has 94 valence electrons. The molecule has 6 heteroatoms. The van der Waals surface area contributed by atoms with Gasteiger partial charge in [-0.3, -0.25) is 0 Å². The smallest absolute Gasteiger partial charge is 0.346 e. The first-order chi connectivity index (χ1) is 8.58. The number of anilines is 1. The molecular weight excluding hydrogens is 429 g/mol. The molecule has 0 bridgehead atoms. The molecule has 3 nitrogen and oxygen atoms in total. The second kappa shape index (κ2) is 6.03. The lowest BCUT2D eigenvalue weighted by Gasteiger charge is -2.09. The summed E-state index contributed by atoms with van der Waals surface area (Å²) >= 11 is 6.91. The minimum absolute atomic E-state index is 0.396. The zero-order chi connectivity index (χ0) is 13.1. The van der Waals surface area contributed by atoms with E-state index in [9.17, 15) is 4.79 Å². The number of hydrogen-bond donors (Lipinski definition) is 2. The van der Waals surface area contributed by atoms with E-state index in [0.29, 0.717) is 11.4 Å². The molecule has 1 heterocycles. The SMILES string of the molecule is O=C(O)c1sccc1CNc1cc(Br)ccc1I. The minimum atomic E-state index is -0.870. The van der Waals surface area contributed by atoms with Crippen LogP contribution < -0.4 is 5.32 Å². The van der Waals surface area contributed by atoms with Gasteiger partial charge in [-0.25, -0.2) is 4.79 Å². The van der Waals surface area contributed by atoms with Crippen LogP contribution >= 0.6 is 49.9 Å². The number of nitrogens with one attached hydrogen (secondary N) is 1. The first-order valence-corrected chi connectivity index (χ1v) is 7.81. The van der Waals surface area contributed by atoms with E-state index in [1.807, 2.05) is 24.3 Å². The van der Waals surface area contributed by atoms with Gasteiger partial charge in [0.05, 0.1) is 0 Å². The van der Waals surface area contributed by atoms with Crippen LogP contribution in [-0.2, 0) is 6.54 Å². The zero-order valence-corrected chi connectivity index (χ0v) is 13.7. The maximum absolute atomic E-state index is 11.0. The van der Waals surface area contributed by atoms with Gasteiger partial charge in [0, 0.05) is 20.3 Å². The minimum Gasteiger partial charge on any atom is -0.477 e. The quantitative estimate of drug-likeness (QED) is 0.696. The summed E-state index contributed by atoms with van der Waals surface area (Å²) in [4.78, 5) is 11.4. The number of halogens is 2. The van der Waals surface area contributed by atoms with E-state index in [0.717, 1.165) is 19.3 Å². The molecule has 1 aromatic heterocycles. The molecule has 0 fully saturated rings. The molecule has 0 aliphatic heterocycles. The molecule has 0 saturated carbocycles. The number of benzene rings is 1. The lowest BCUT2D eigenvalue weighted by molar-refractivity contribution is 0.0701. The Morgan fingerprint density at radius 1 is 1.44 bits per heavy atom. The number of aromatic carboxylic acids is 1. The number of thiophene rings is 1. The number of carboxylic acid groups (broad SMARTS) is 1. The fraction of sp³-hybridized carbons (Fsp3) is 0.0833. The Hall–Kier alpha value is -0.600. The standard InChI is InChI=1S/C12H9BrINO2S/c13-8-1-2-9(14)10(5-8)15-6-7-3-4-18-11(7)12(16)17/h1-5,15H,6H2,(H,16,17). The lowest BCUT2D eigenvalue weighted by atomic mass is 10.2. The molecule has 1 aromatic carbocycles. The summed E-state index contributed by atoms with van der Waals surface area (Å²) in [5.74, 6) is -0.870. The van der Waals surface area contributed by atoms with Gasteiger partial charge in [0.2, 0.25) is 0 Å². The average molecular weight is 438 g/mol. The highest BCUT2D eigenvalue weighted by molar-refractivity contribution is 14.1. The van der Waals surface area contributed by atoms with Crippen molar-refractivity contribution in [1.29, 1.82) is 0 Å². The lowest BCUT2D eigenvalue weighted by Crippen LogP contribution is -2.04. The Kier molecular flexibility index (Phi) is 4.63. The van der Waals surface area contributed by atoms with Crippen molar-refractivity contribution >= 4 is 61.5 Å². The number of carboxylic acids is 1. The second-order valence-electron chi connectivity index (χ2n) is 3.56. The monoisotopic (exact) mass is 437 g/mol. The normalized spacial score (nSPS) is 10.3. The van der Waals surface area contributed by atoms with E-state index >= 15 is 0 Å². The van der Waals surface area contributed by atoms with E-state index in [4.69, 9.17) is 5.11 Å². The van der Waals surface area contributed by atoms with Crippen LogP contribution in [0.3, 0.4) is 0 Å². The predicted molar refractivity (Wildman–Crippen MR) is 85.5 cm³/mol. The predicted octanol–water partition coefficient (Wildman–Crippen LogP) is 4.43. The summed E-state index contributed by atoms with van der Waals surface area (Å²) in [5.41, 5.74) is 1.80. The van der Waals surface area contributed by atoms with Gasteiger partial charge in [-0.15, -0.1) is 11.3 Å². The molecule has 0 radical (unpaired) electrons. The number of hydrogen-bond acceptors (Lipinski definition) is 3. The summed E-state index contributed by atoms with van der Waals surface area (Å²) in [5, 5.41) is 14.1. The first kappa shape index (κ1) is 13.8. The second-order valence-corrected chi connectivity index (χ2v) is 6.55. The van der Waals surface area contributed by atoms with Crippen molar-refractivity contribution in [1.82, 2.24) is 0 Å². The highest BCUT2D eigenvalue weighted by atomic mass is 127. The fourth-order valence-corrected chi connectivity index (χ4v) is 3.13. The third-order valence-electron chi connectivity index (χ3n) is 2.34. The topological polar surface area (TPSA) is 49.3 Å². The molecule has 2 aromatic rings. The third-order valence-corrected chi connectivity index (χ3v) is 4.72. The van der Waals surface area contributed by atoms with E-state index in [-0.39, 0.29) is 0 Å². The highest BCUT2D eigenvalue weighted by Crippen LogP contribution is 2.24. The van der Waals surface area contributed by atoms with E-state index in [2.05, 4.69) is 43.8 Å². The Labute approximate surface area is 130 Å². The molecule has 2 N–H and O–H groups in total. The molecule has 0 amide bonds. The Morgan fingerprint density at radius 2 is 2.22 bits per heavy atom. The fourth-order valence-electron chi connectivity index (χ4n) is 1.49. The van der Waals surface area contributed by atoms with Gasteiger partial charge in [0.25, 0.3) is 0 Å². The summed E-state index contributed by atoms with van der Waals surface area (Å²) < 4.78 is 2.09. The zero-order valence-electron chi connectivity index (χ0n) is 9.11. The molecule has 0 aliphatic carbocycles. The molecule has 0 unspecified atom stereocenters. The van der Waals surface area contributed by atoms with Crippen LogP contribution in [0.1, 0.15) is 15.2 Å². The van der Waals surface area contributed by atoms with Gasteiger partial charge < -0.3 is 10.4 Å². The van der Waals surface area contributed by atoms with Crippen LogP contribution in [0.4, 0.5) is 5.69 Å². The van der Waals surface area contributed by atoms with E-state index in [1.165, 1.54) is 11.3 Å². The van der Waals surface area contributed by atoms with Gasteiger partial charge in [0.1, 0.15) is 4.88 Å². The van der Waals surface area contributed by atoms with Crippen molar-refractivity contribution < 1.29 is 9.90 Å². The van der Waals surface area contributed by atoms with Crippen molar-refractivity contribution in [3.05, 3.63) is 48.1 Å². The first-order valence-electron chi connectivity index (χ1n) is 5.06. The molecule has 0 aliphatic rings. The van der Waals surface area contributed by atoms with Crippen molar-refractivity contribution in [3.8, 4) is 0 Å². The molecule has 2 rings (SSSR count). The van der Waals surface area contributed by atoms with Crippen molar-refractivity contribution in [2.45, 2.75) is 6.54 Å². The van der Waals surface area contributed by atoms with E-state index < -0.39 is 5.97 Å². The van der Waals surface area contributed by atoms with Crippen LogP contribution in [0, 0.1) is 3.57 Å². The average Bonchev–Trinajstić information content (AvgIpc) is 2.79. The van der Waals surface area contributed by atoms with Crippen LogP contribution in [0.15, 0.2) is 34.1 Å². The maximum Gasteiger partial charge on any atom is 0.346 e. The Bertz CT molecular complexity index is 585. The number of rotatable bonds is 4. The summed E-state index contributed by atoms with van der Waals surface area (Å²) in [6, 6.07) is 7.79. The van der Waals surface area contributed by atoms with Gasteiger partial charge in [-0.2, -0.15) is 0 Å². The molecule has 0 atom stereocenters. The van der Waals surface area contributed by atoms with Crippen LogP contribution in [0.2, 0.25) is 0 Å². The summed E-state index contributed by atoms with van der Waals surface area (Å²) in [7, 11) is 0. The van der Waals surface area contributed by atoms with Crippen molar-refractivity contribution in [2.24, 2.45) is 0 Å². The van der Waals surface area contributed by atoms with Crippen molar-refractivity contribution in [3.63, 3.8) is 0 Å². The van der Waals surface area contributed by atoms with Gasteiger partial charge in [-0.1, -0.05) is 15.9 Å². The molecule has 18 heavy (non-hydrogen) atoms. The van der Waals surface area contributed by atoms with Crippen molar-refractivity contribution in [2.75, 3.05) is 5.32 Å². The Morgan fingerprint density at radius 3 is 2.94 bits per heavy atom. The molecule has 0 spiro atoms. The largest absolute Gasteiger partial charge is 0.477 e.